The lowest BCUT2D eigenvalue weighted by Crippen LogP contribution is -2.20. The Balaban J connectivity index is 1.96. The number of hydrogen-bond donors (Lipinski definition) is 2. The number of para-hydroxylation sites is 1. The predicted octanol–water partition coefficient (Wildman–Crippen LogP) is 2.81. The van der Waals surface area contributed by atoms with Gasteiger partial charge in [0, 0.05) is 5.69 Å². The molecule has 2 aromatic rings. The molecule has 6 heteroatoms. The van der Waals surface area contributed by atoms with E-state index in [1.54, 1.807) is 42.5 Å². The monoisotopic (exact) mass is 301 g/mol. The Morgan fingerprint density at radius 1 is 1.33 bits per heavy atom. The summed E-state index contributed by atoms with van der Waals surface area (Å²) in [6, 6.07) is 13.5. The van der Waals surface area contributed by atoms with Gasteiger partial charge < -0.3 is 15.8 Å². The van der Waals surface area contributed by atoms with Crippen molar-refractivity contribution >= 4 is 28.9 Å². The van der Waals surface area contributed by atoms with Gasteiger partial charge in [0.1, 0.15) is 11.8 Å². The second kappa shape index (κ2) is 6.64. The Hall–Kier alpha value is -2.71. The van der Waals surface area contributed by atoms with Crippen LogP contribution in [0.2, 0.25) is 5.02 Å². The molecule has 3 N–H and O–H groups in total. The van der Waals surface area contributed by atoms with E-state index < -0.39 is 0 Å². The molecule has 21 heavy (non-hydrogen) atoms. The summed E-state index contributed by atoms with van der Waals surface area (Å²) in [7, 11) is 0. The number of carbonyl (C=O) groups is 1. The maximum Gasteiger partial charge on any atom is 0.262 e. The SMILES string of the molecule is N#Cc1ccccc1OCC(=O)Nc1ccc(Cl)c(N)c1. The van der Waals surface area contributed by atoms with Crippen molar-refractivity contribution in [2.45, 2.75) is 0 Å². The van der Waals surface area contributed by atoms with Crippen LogP contribution in [-0.4, -0.2) is 12.5 Å². The van der Waals surface area contributed by atoms with Crippen LogP contribution in [0.1, 0.15) is 5.56 Å². The topological polar surface area (TPSA) is 88.1 Å². The van der Waals surface area contributed by atoms with E-state index in [0.29, 0.717) is 27.7 Å². The highest BCUT2D eigenvalue weighted by molar-refractivity contribution is 6.33. The number of nitrogens with one attached hydrogen (secondary N) is 1. The number of halogens is 1. The number of rotatable bonds is 4. The van der Waals surface area contributed by atoms with Crippen molar-refractivity contribution in [2.24, 2.45) is 0 Å². The summed E-state index contributed by atoms with van der Waals surface area (Å²) >= 11 is 5.80. The zero-order chi connectivity index (χ0) is 15.2. The molecule has 0 fully saturated rings. The first-order valence-corrected chi connectivity index (χ1v) is 6.45. The first kappa shape index (κ1) is 14.7. The molecule has 0 bridgehead atoms. The van der Waals surface area contributed by atoms with Crippen LogP contribution in [0.15, 0.2) is 42.5 Å². The first-order valence-electron chi connectivity index (χ1n) is 6.07. The third-order valence-electron chi connectivity index (χ3n) is 2.65. The molecule has 0 unspecified atom stereocenters. The van der Waals surface area contributed by atoms with Crippen molar-refractivity contribution in [1.29, 1.82) is 5.26 Å². The Bertz CT molecular complexity index is 710. The molecular formula is C15H12ClN3O2. The van der Waals surface area contributed by atoms with E-state index in [4.69, 9.17) is 27.3 Å². The summed E-state index contributed by atoms with van der Waals surface area (Å²) in [6.07, 6.45) is 0. The number of nitrogen functional groups attached to an aromatic ring is 1. The summed E-state index contributed by atoms with van der Waals surface area (Å²) in [4.78, 5) is 11.8. The highest BCUT2D eigenvalue weighted by Crippen LogP contribution is 2.22. The van der Waals surface area contributed by atoms with Gasteiger partial charge in [-0.1, -0.05) is 23.7 Å². The van der Waals surface area contributed by atoms with Crippen molar-refractivity contribution in [3.05, 3.63) is 53.1 Å². The van der Waals surface area contributed by atoms with E-state index in [2.05, 4.69) is 5.32 Å². The quantitative estimate of drug-likeness (QED) is 0.850. The molecule has 0 aliphatic heterocycles. The number of carbonyl (C=O) groups excluding carboxylic acids is 1. The Kier molecular flexibility index (Phi) is 4.64. The van der Waals surface area contributed by atoms with Crippen LogP contribution in [0.4, 0.5) is 11.4 Å². The molecule has 0 aromatic heterocycles. The van der Waals surface area contributed by atoms with Crippen LogP contribution in [-0.2, 0) is 4.79 Å². The molecule has 0 aliphatic carbocycles. The maximum atomic E-state index is 11.8. The van der Waals surface area contributed by atoms with Gasteiger partial charge in [0.25, 0.3) is 5.91 Å². The molecule has 0 heterocycles. The van der Waals surface area contributed by atoms with Crippen molar-refractivity contribution in [1.82, 2.24) is 0 Å². The minimum atomic E-state index is -0.357. The number of amides is 1. The standard InChI is InChI=1S/C15H12ClN3O2/c16-12-6-5-11(7-13(12)18)19-15(20)9-21-14-4-2-1-3-10(14)8-17/h1-7H,9,18H2,(H,19,20). The molecule has 1 amide bonds. The summed E-state index contributed by atoms with van der Waals surface area (Å²) in [5, 5.41) is 12.0. The Morgan fingerprint density at radius 3 is 2.81 bits per heavy atom. The van der Waals surface area contributed by atoms with Gasteiger partial charge in [-0.2, -0.15) is 5.26 Å². The fraction of sp³-hybridized carbons (Fsp3) is 0.0667. The minimum Gasteiger partial charge on any atom is -0.482 e. The smallest absolute Gasteiger partial charge is 0.262 e. The zero-order valence-corrected chi connectivity index (χ0v) is 11.7. The molecule has 0 aliphatic rings. The van der Waals surface area contributed by atoms with Crippen LogP contribution in [0.25, 0.3) is 0 Å². The third kappa shape index (κ3) is 3.88. The molecule has 0 radical (unpaired) electrons. The first-order chi connectivity index (χ1) is 10.1. The summed E-state index contributed by atoms with van der Waals surface area (Å²) < 4.78 is 5.32. The van der Waals surface area contributed by atoms with E-state index in [-0.39, 0.29) is 12.5 Å². The zero-order valence-electron chi connectivity index (χ0n) is 11.0. The van der Waals surface area contributed by atoms with Crippen LogP contribution in [0, 0.1) is 11.3 Å². The molecular weight excluding hydrogens is 290 g/mol. The highest BCUT2D eigenvalue weighted by Gasteiger charge is 2.07. The van der Waals surface area contributed by atoms with E-state index in [1.807, 2.05) is 6.07 Å². The van der Waals surface area contributed by atoms with Gasteiger partial charge in [0.15, 0.2) is 6.61 Å². The Morgan fingerprint density at radius 2 is 2.10 bits per heavy atom. The summed E-state index contributed by atoms with van der Waals surface area (Å²) in [6.45, 7) is -0.207. The lowest BCUT2D eigenvalue weighted by molar-refractivity contribution is -0.118. The largest absolute Gasteiger partial charge is 0.482 e. The predicted molar refractivity (Wildman–Crippen MR) is 81.1 cm³/mol. The number of nitriles is 1. The van der Waals surface area contributed by atoms with Crippen LogP contribution in [0.5, 0.6) is 5.75 Å². The van der Waals surface area contributed by atoms with Gasteiger partial charge in [0.05, 0.1) is 16.3 Å². The maximum absolute atomic E-state index is 11.8. The van der Waals surface area contributed by atoms with Gasteiger partial charge in [-0.25, -0.2) is 0 Å². The van der Waals surface area contributed by atoms with Crippen molar-refractivity contribution in [3.8, 4) is 11.8 Å². The van der Waals surface area contributed by atoms with E-state index >= 15 is 0 Å². The van der Waals surface area contributed by atoms with Crippen molar-refractivity contribution in [3.63, 3.8) is 0 Å². The fourth-order valence-corrected chi connectivity index (χ4v) is 1.76. The number of anilines is 2. The molecule has 5 nitrogen and oxygen atoms in total. The number of nitrogens with two attached hydrogens (primary N) is 1. The fourth-order valence-electron chi connectivity index (χ4n) is 1.65. The molecule has 2 rings (SSSR count). The van der Waals surface area contributed by atoms with Gasteiger partial charge in [-0.05, 0) is 30.3 Å². The van der Waals surface area contributed by atoms with Crippen LogP contribution >= 0.6 is 11.6 Å². The van der Waals surface area contributed by atoms with Gasteiger partial charge in [-0.3, -0.25) is 4.79 Å². The normalized spacial score (nSPS) is 9.71. The van der Waals surface area contributed by atoms with Crippen LogP contribution in [0.3, 0.4) is 0 Å². The summed E-state index contributed by atoms with van der Waals surface area (Å²) in [5.74, 6) is 0.00948. The molecule has 106 valence electrons. The lowest BCUT2D eigenvalue weighted by Gasteiger charge is -2.09. The second-order valence-electron chi connectivity index (χ2n) is 4.18. The van der Waals surface area contributed by atoms with E-state index in [1.165, 1.54) is 0 Å². The molecule has 0 atom stereocenters. The molecule has 0 saturated carbocycles. The number of ether oxygens (including phenoxy) is 1. The summed E-state index contributed by atoms with van der Waals surface area (Å²) in [5.41, 5.74) is 6.93. The number of hydrogen-bond acceptors (Lipinski definition) is 4. The lowest BCUT2D eigenvalue weighted by atomic mass is 10.2. The van der Waals surface area contributed by atoms with E-state index in [0.717, 1.165) is 0 Å². The second-order valence-corrected chi connectivity index (χ2v) is 4.59. The molecule has 2 aromatic carbocycles. The average Bonchev–Trinajstić information content (AvgIpc) is 2.49. The Labute approximate surface area is 126 Å². The molecule has 0 spiro atoms. The van der Waals surface area contributed by atoms with Crippen molar-refractivity contribution < 1.29 is 9.53 Å². The minimum absolute atomic E-state index is 0.207. The van der Waals surface area contributed by atoms with E-state index in [9.17, 15) is 4.79 Å². The molecule has 0 saturated heterocycles. The van der Waals surface area contributed by atoms with Crippen LogP contribution < -0.4 is 15.8 Å². The van der Waals surface area contributed by atoms with Gasteiger partial charge >= 0.3 is 0 Å². The number of benzene rings is 2. The average molecular weight is 302 g/mol. The number of nitrogens with zero attached hydrogens (tertiary/aromatic N) is 1. The highest BCUT2D eigenvalue weighted by atomic mass is 35.5. The van der Waals surface area contributed by atoms with Crippen molar-refractivity contribution in [2.75, 3.05) is 17.7 Å². The van der Waals surface area contributed by atoms with Gasteiger partial charge in [0.2, 0.25) is 0 Å². The third-order valence-corrected chi connectivity index (χ3v) is 2.99. The van der Waals surface area contributed by atoms with Gasteiger partial charge in [-0.15, -0.1) is 0 Å².